The van der Waals surface area contributed by atoms with E-state index in [1.54, 1.807) is 9.80 Å². The van der Waals surface area contributed by atoms with Crippen molar-refractivity contribution in [3.8, 4) is 0 Å². The number of carboxylic acid groups (broad SMARTS) is 1. The summed E-state index contributed by atoms with van der Waals surface area (Å²) < 4.78 is 39.6. The minimum atomic E-state index is -4.52. The minimum Gasteiger partial charge on any atom is -0.481 e. The van der Waals surface area contributed by atoms with Gasteiger partial charge in [-0.05, 0) is 32.1 Å². The quantitative estimate of drug-likeness (QED) is 0.873. The second kappa shape index (κ2) is 6.68. The Labute approximate surface area is 143 Å². The summed E-state index contributed by atoms with van der Waals surface area (Å²) in [5.74, 6) is -0.299. The Morgan fingerprint density at radius 1 is 1.32 bits per heavy atom. The highest BCUT2D eigenvalue weighted by Crippen LogP contribution is 2.34. The number of alkyl halides is 3. The fourth-order valence-corrected chi connectivity index (χ4v) is 3.28. The lowest BCUT2D eigenvalue weighted by Gasteiger charge is -2.39. The molecule has 3 rings (SSSR count). The first kappa shape index (κ1) is 17.8. The molecule has 0 aromatic carbocycles. The summed E-state index contributed by atoms with van der Waals surface area (Å²) in [5.41, 5.74) is -0.930. The molecule has 1 aromatic rings. The van der Waals surface area contributed by atoms with Crippen LogP contribution >= 0.6 is 0 Å². The van der Waals surface area contributed by atoms with Gasteiger partial charge in [-0.15, -0.1) is 0 Å². The first-order valence-electron chi connectivity index (χ1n) is 8.43. The number of rotatable bonds is 5. The van der Waals surface area contributed by atoms with E-state index < -0.39 is 17.8 Å². The predicted molar refractivity (Wildman–Crippen MR) is 85.6 cm³/mol. The van der Waals surface area contributed by atoms with Crippen LogP contribution in [-0.2, 0) is 11.0 Å². The average molecular weight is 358 g/mol. The highest BCUT2D eigenvalue weighted by atomic mass is 19.4. The summed E-state index contributed by atoms with van der Waals surface area (Å²) >= 11 is 0. The molecule has 6 nitrogen and oxygen atoms in total. The molecular weight excluding hydrogens is 337 g/mol. The molecule has 0 spiro atoms. The summed E-state index contributed by atoms with van der Waals surface area (Å²) in [6.45, 7) is 3.69. The maximum absolute atomic E-state index is 13.2. The third kappa shape index (κ3) is 3.96. The van der Waals surface area contributed by atoms with Crippen molar-refractivity contribution in [3.63, 3.8) is 0 Å². The van der Waals surface area contributed by atoms with Gasteiger partial charge in [0, 0.05) is 38.2 Å². The molecule has 25 heavy (non-hydrogen) atoms. The smallest absolute Gasteiger partial charge is 0.433 e. The minimum absolute atomic E-state index is 0.0760. The van der Waals surface area contributed by atoms with Gasteiger partial charge < -0.3 is 14.9 Å². The van der Waals surface area contributed by atoms with Crippen LogP contribution in [0.1, 0.15) is 38.3 Å². The SMILES string of the molecule is C[C@H]1CCN1c1nc(N2CC[C@H](CCC(=O)O)C2)cc(C(F)(F)F)n1. The standard InChI is InChI=1S/C16H21F3N4O2/c1-10-4-7-23(10)15-20-12(16(17,18)19)8-13(21-15)22-6-5-11(9-22)2-3-14(24)25/h8,10-11H,2-7,9H2,1H3,(H,24,25)/t10-,11-/m0/s1. The fraction of sp³-hybridized carbons (Fsp3) is 0.688. The lowest BCUT2D eigenvalue weighted by molar-refractivity contribution is -0.141. The maximum atomic E-state index is 13.2. The normalized spacial score (nSPS) is 23.7. The lowest BCUT2D eigenvalue weighted by Crippen LogP contribution is -2.47. The van der Waals surface area contributed by atoms with Crippen molar-refractivity contribution in [2.45, 2.75) is 44.8 Å². The number of hydrogen-bond donors (Lipinski definition) is 1. The molecule has 138 valence electrons. The molecule has 2 atom stereocenters. The number of aliphatic carboxylic acids is 1. The molecule has 2 fully saturated rings. The lowest BCUT2D eigenvalue weighted by atomic mass is 10.0. The van der Waals surface area contributed by atoms with Crippen LogP contribution in [0, 0.1) is 5.92 Å². The van der Waals surface area contributed by atoms with Gasteiger partial charge >= 0.3 is 12.1 Å². The van der Waals surface area contributed by atoms with E-state index in [4.69, 9.17) is 5.11 Å². The number of carbonyl (C=O) groups is 1. The van der Waals surface area contributed by atoms with Crippen molar-refractivity contribution in [1.82, 2.24) is 9.97 Å². The van der Waals surface area contributed by atoms with E-state index in [1.165, 1.54) is 0 Å². The Morgan fingerprint density at radius 2 is 2.08 bits per heavy atom. The number of aromatic nitrogens is 2. The Morgan fingerprint density at radius 3 is 2.64 bits per heavy atom. The number of nitrogens with zero attached hydrogens (tertiary/aromatic N) is 4. The van der Waals surface area contributed by atoms with Crippen LogP contribution in [0.15, 0.2) is 6.07 Å². The number of anilines is 2. The monoisotopic (exact) mass is 358 g/mol. The summed E-state index contributed by atoms with van der Waals surface area (Å²) in [6, 6.07) is 1.13. The molecule has 0 saturated carbocycles. The topological polar surface area (TPSA) is 69.6 Å². The van der Waals surface area contributed by atoms with Crippen LogP contribution in [0.25, 0.3) is 0 Å². The van der Waals surface area contributed by atoms with Crippen LogP contribution in [0.3, 0.4) is 0 Å². The van der Waals surface area contributed by atoms with Crippen molar-refractivity contribution in [3.05, 3.63) is 11.8 Å². The highest BCUT2D eigenvalue weighted by Gasteiger charge is 2.37. The predicted octanol–water partition coefficient (Wildman–Crippen LogP) is 2.79. The molecule has 1 aromatic heterocycles. The van der Waals surface area contributed by atoms with E-state index in [0.29, 0.717) is 26.1 Å². The van der Waals surface area contributed by atoms with Crippen LogP contribution in [-0.4, -0.2) is 46.7 Å². The van der Waals surface area contributed by atoms with Crippen molar-refractivity contribution in [1.29, 1.82) is 0 Å². The third-order valence-corrected chi connectivity index (χ3v) is 4.94. The van der Waals surface area contributed by atoms with E-state index in [0.717, 1.165) is 18.9 Å². The summed E-state index contributed by atoms with van der Waals surface area (Å²) in [7, 11) is 0. The molecule has 2 saturated heterocycles. The van der Waals surface area contributed by atoms with Crippen LogP contribution < -0.4 is 9.80 Å². The molecule has 9 heteroatoms. The zero-order valence-electron chi connectivity index (χ0n) is 14.0. The van der Waals surface area contributed by atoms with E-state index >= 15 is 0 Å². The zero-order chi connectivity index (χ0) is 18.2. The first-order chi connectivity index (χ1) is 11.7. The Hall–Kier alpha value is -2.06. The molecule has 2 aliphatic rings. The first-order valence-corrected chi connectivity index (χ1v) is 8.43. The summed E-state index contributed by atoms with van der Waals surface area (Å²) in [6.07, 6.45) is -2.25. The van der Waals surface area contributed by atoms with E-state index in [2.05, 4.69) is 9.97 Å². The van der Waals surface area contributed by atoms with Gasteiger partial charge in [-0.2, -0.15) is 18.2 Å². The highest BCUT2D eigenvalue weighted by molar-refractivity contribution is 5.66. The van der Waals surface area contributed by atoms with Gasteiger partial charge in [-0.3, -0.25) is 4.79 Å². The van der Waals surface area contributed by atoms with E-state index in [-0.39, 0.29) is 30.1 Å². The molecule has 0 aliphatic carbocycles. The number of hydrogen-bond acceptors (Lipinski definition) is 5. The fourth-order valence-electron chi connectivity index (χ4n) is 3.28. The molecule has 1 N–H and O–H groups in total. The van der Waals surface area contributed by atoms with Crippen LogP contribution in [0.4, 0.5) is 24.9 Å². The van der Waals surface area contributed by atoms with Gasteiger partial charge in [0.15, 0.2) is 5.69 Å². The molecule has 0 amide bonds. The van der Waals surface area contributed by atoms with Crippen LogP contribution in [0.2, 0.25) is 0 Å². The van der Waals surface area contributed by atoms with E-state index in [1.807, 2.05) is 6.92 Å². The molecule has 2 aliphatic heterocycles. The van der Waals surface area contributed by atoms with Crippen LogP contribution in [0.5, 0.6) is 0 Å². The Kier molecular flexibility index (Phi) is 4.75. The summed E-state index contributed by atoms with van der Waals surface area (Å²) in [5, 5.41) is 8.77. The Bertz CT molecular complexity index is 653. The van der Waals surface area contributed by atoms with Crippen molar-refractivity contribution >= 4 is 17.7 Å². The third-order valence-electron chi connectivity index (χ3n) is 4.94. The summed E-state index contributed by atoms with van der Waals surface area (Å²) in [4.78, 5) is 22.3. The molecule has 0 unspecified atom stereocenters. The molecule has 0 radical (unpaired) electrons. The van der Waals surface area contributed by atoms with Crippen molar-refractivity contribution < 1.29 is 23.1 Å². The van der Waals surface area contributed by atoms with Gasteiger partial charge in [0.1, 0.15) is 5.82 Å². The molecule has 0 bridgehead atoms. The van der Waals surface area contributed by atoms with Gasteiger partial charge in [0.25, 0.3) is 0 Å². The van der Waals surface area contributed by atoms with Gasteiger partial charge in [-0.25, -0.2) is 4.98 Å². The van der Waals surface area contributed by atoms with Gasteiger partial charge in [0.05, 0.1) is 0 Å². The molecular formula is C16H21F3N4O2. The number of carboxylic acids is 1. The van der Waals surface area contributed by atoms with Gasteiger partial charge in [-0.1, -0.05) is 0 Å². The second-order valence-electron chi connectivity index (χ2n) is 6.77. The zero-order valence-corrected chi connectivity index (χ0v) is 14.0. The molecule has 3 heterocycles. The second-order valence-corrected chi connectivity index (χ2v) is 6.77. The Balaban J connectivity index is 1.80. The average Bonchev–Trinajstić information content (AvgIpc) is 2.99. The van der Waals surface area contributed by atoms with Gasteiger partial charge in [0.2, 0.25) is 5.95 Å². The number of halogens is 3. The van der Waals surface area contributed by atoms with Crippen molar-refractivity contribution in [2.75, 3.05) is 29.4 Å². The van der Waals surface area contributed by atoms with E-state index in [9.17, 15) is 18.0 Å². The largest absolute Gasteiger partial charge is 0.481 e. The maximum Gasteiger partial charge on any atom is 0.433 e. The van der Waals surface area contributed by atoms with Crippen molar-refractivity contribution in [2.24, 2.45) is 5.92 Å².